The van der Waals surface area contributed by atoms with Crippen LogP contribution in [-0.4, -0.2) is 111 Å². The molecule has 2 atom stereocenters. The standard InChI is InChI=1S/C22H18F3N5O4.C14H8F3N3O2.C11H16N2O3/c23-22(24,25)16-4-2-1-3-15(16)17-5-6-20-27-10-18(30(20)29-17)21(33)28-19-9-14(7-8-26-19)34-12-13(32)11-31;15-14(16,17)9-4-2-1-3-8(9)10-5-6-12-18-7-11(13(21)22)20(12)19-10;1-11(2)15-7-9(16-11)6-14-8-3-4-13-10(12)5-8/h1-10,13,31-32H,11-12H2,(H,26,28,33);1-7H,(H,21,22);3-5,9H,6-7H2,1-2H3,(H2,12,13). The maximum atomic E-state index is 13.4. The third-order valence-electron chi connectivity index (χ3n) is 10.1. The van der Waals surface area contributed by atoms with Gasteiger partial charge < -0.3 is 45.3 Å². The van der Waals surface area contributed by atoms with Gasteiger partial charge in [0.15, 0.2) is 28.5 Å². The van der Waals surface area contributed by atoms with Gasteiger partial charge in [-0.3, -0.25) is 4.79 Å². The van der Waals surface area contributed by atoms with E-state index in [1.165, 1.54) is 85.2 Å². The first-order valence-corrected chi connectivity index (χ1v) is 21.3. The second kappa shape index (κ2) is 21.8. The summed E-state index contributed by atoms with van der Waals surface area (Å²) in [4.78, 5) is 39.7. The van der Waals surface area contributed by atoms with Gasteiger partial charge in [-0.25, -0.2) is 33.8 Å². The SMILES string of the molecule is CC1(C)OCC(COc2ccnc(N)c2)O1.O=C(Nc1cc(OCC(O)CO)ccn1)c1cnc2ccc(-c3ccccc3C(F)(F)F)nn12.O=C(O)c1cnc2ccc(-c3ccccc3C(F)(F)F)nn12. The van der Waals surface area contributed by atoms with E-state index in [1.54, 1.807) is 18.3 Å². The zero-order valence-corrected chi connectivity index (χ0v) is 37.7. The number of carboxylic acid groups (broad SMARTS) is 1. The van der Waals surface area contributed by atoms with Crippen molar-refractivity contribution < 1.29 is 70.2 Å². The summed E-state index contributed by atoms with van der Waals surface area (Å²) in [5, 5.41) is 38.0. The number of nitrogen functional groups attached to an aromatic ring is 1. The van der Waals surface area contributed by atoms with Gasteiger partial charge in [-0.1, -0.05) is 36.4 Å². The van der Waals surface area contributed by atoms with Crippen molar-refractivity contribution in [2.75, 3.05) is 37.5 Å². The van der Waals surface area contributed by atoms with E-state index in [-0.39, 0.29) is 63.7 Å². The second-order valence-corrected chi connectivity index (χ2v) is 15.8. The molecule has 376 valence electrons. The molecule has 7 heterocycles. The Morgan fingerprint density at radius 2 is 1.32 bits per heavy atom. The number of aliphatic hydroxyl groups excluding tert-OH is 2. The zero-order chi connectivity index (χ0) is 51.8. The number of nitrogens with two attached hydrogens (primary N) is 1. The van der Waals surface area contributed by atoms with Crippen molar-refractivity contribution in [2.45, 2.75) is 44.2 Å². The van der Waals surface area contributed by atoms with Gasteiger partial charge in [0.05, 0.1) is 48.1 Å². The largest absolute Gasteiger partial charge is 0.491 e. The Bertz CT molecular complexity index is 3190. The molecule has 0 spiro atoms. The highest BCUT2D eigenvalue weighted by molar-refractivity contribution is 6.03. The quantitative estimate of drug-likeness (QED) is 0.0765. The number of nitrogens with zero attached hydrogens (tertiary/aromatic N) is 8. The average Bonchev–Trinajstić information content (AvgIpc) is 4.08. The monoisotopic (exact) mass is 1000 g/mol. The molecule has 1 saturated heterocycles. The topological polar surface area (TPSA) is 256 Å². The second-order valence-electron chi connectivity index (χ2n) is 15.8. The molecule has 6 aromatic heterocycles. The number of carbonyl (C=O) groups excluding carboxylic acids is 1. The molecule has 1 aliphatic heterocycles. The summed E-state index contributed by atoms with van der Waals surface area (Å²) in [5.41, 5.74) is 3.90. The number of aliphatic hydroxyl groups is 2. The number of ether oxygens (including phenoxy) is 4. The lowest BCUT2D eigenvalue weighted by Crippen LogP contribution is -2.25. The molecule has 0 bridgehead atoms. The lowest BCUT2D eigenvalue weighted by Gasteiger charge is -2.17. The van der Waals surface area contributed by atoms with Gasteiger partial charge >= 0.3 is 18.3 Å². The van der Waals surface area contributed by atoms with Crippen LogP contribution in [0.25, 0.3) is 33.8 Å². The summed E-state index contributed by atoms with van der Waals surface area (Å²) in [6, 6.07) is 22.0. The number of aromatic carboxylic acids is 1. The van der Waals surface area contributed by atoms with Gasteiger partial charge in [-0.2, -0.15) is 36.5 Å². The summed E-state index contributed by atoms with van der Waals surface area (Å²) < 4.78 is 104. The molecule has 0 radical (unpaired) electrons. The highest BCUT2D eigenvalue weighted by atomic mass is 19.4. The molecule has 1 amide bonds. The number of hydrogen-bond donors (Lipinski definition) is 5. The molecule has 1 aliphatic rings. The minimum atomic E-state index is -4.58. The van der Waals surface area contributed by atoms with E-state index in [9.17, 15) is 41.0 Å². The number of amides is 1. The van der Waals surface area contributed by atoms with Gasteiger partial charge in [0, 0.05) is 35.7 Å². The van der Waals surface area contributed by atoms with Crippen molar-refractivity contribution in [1.29, 1.82) is 0 Å². The fraction of sp³-hybridized carbons (Fsp3) is 0.234. The summed E-state index contributed by atoms with van der Waals surface area (Å²) in [7, 11) is 0. The predicted octanol–water partition coefficient (Wildman–Crippen LogP) is 7.10. The predicted molar refractivity (Wildman–Crippen MR) is 244 cm³/mol. The van der Waals surface area contributed by atoms with E-state index in [0.29, 0.717) is 30.5 Å². The maximum Gasteiger partial charge on any atom is 0.417 e. The van der Waals surface area contributed by atoms with E-state index in [2.05, 4.69) is 35.5 Å². The average molecular weight is 1000 g/mol. The number of benzene rings is 2. The van der Waals surface area contributed by atoms with E-state index in [4.69, 9.17) is 34.9 Å². The number of carboxylic acids is 1. The fourth-order valence-corrected chi connectivity index (χ4v) is 6.79. The molecule has 8 aromatic rings. The highest BCUT2D eigenvalue weighted by Crippen LogP contribution is 2.37. The Balaban J connectivity index is 0.000000171. The molecular formula is C47H42F6N10O9. The number of nitrogens with one attached hydrogen (secondary N) is 1. The van der Waals surface area contributed by atoms with Crippen molar-refractivity contribution in [3.05, 3.63) is 144 Å². The lowest BCUT2D eigenvalue weighted by atomic mass is 10.0. The summed E-state index contributed by atoms with van der Waals surface area (Å²) >= 11 is 0. The Labute approximate surface area is 403 Å². The van der Waals surface area contributed by atoms with Crippen LogP contribution in [0, 0.1) is 0 Å². The smallest absolute Gasteiger partial charge is 0.417 e. The van der Waals surface area contributed by atoms with Crippen LogP contribution in [0.15, 0.2) is 122 Å². The number of anilines is 2. The van der Waals surface area contributed by atoms with E-state index in [1.807, 2.05) is 13.8 Å². The van der Waals surface area contributed by atoms with Crippen LogP contribution in [0.1, 0.15) is 46.0 Å². The summed E-state index contributed by atoms with van der Waals surface area (Å²) in [6.45, 7) is 4.15. The van der Waals surface area contributed by atoms with Gasteiger partial charge in [-0.15, -0.1) is 0 Å². The number of hydrogen-bond acceptors (Lipinski definition) is 15. The third kappa shape index (κ3) is 12.9. The van der Waals surface area contributed by atoms with Crippen molar-refractivity contribution in [3.63, 3.8) is 0 Å². The Morgan fingerprint density at radius 1 is 0.778 bits per heavy atom. The zero-order valence-electron chi connectivity index (χ0n) is 37.7. The fourth-order valence-electron chi connectivity index (χ4n) is 6.79. The van der Waals surface area contributed by atoms with E-state index >= 15 is 0 Å². The molecule has 6 N–H and O–H groups in total. The van der Waals surface area contributed by atoms with Crippen LogP contribution in [0.2, 0.25) is 0 Å². The van der Waals surface area contributed by atoms with Gasteiger partial charge in [0.1, 0.15) is 48.6 Å². The first-order valence-electron chi connectivity index (χ1n) is 21.3. The third-order valence-corrected chi connectivity index (χ3v) is 10.1. The Kier molecular flexibility index (Phi) is 15.6. The van der Waals surface area contributed by atoms with Crippen molar-refractivity contribution in [2.24, 2.45) is 0 Å². The number of halogens is 6. The molecule has 19 nitrogen and oxygen atoms in total. The number of imidazole rings is 2. The molecule has 1 fully saturated rings. The minimum absolute atomic E-state index is 0.0147. The molecular weight excluding hydrogens is 963 g/mol. The number of rotatable bonds is 12. The Hall–Kier alpha value is -8.26. The van der Waals surface area contributed by atoms with E-state index in [0.717, 1.165) is 27.4 Å². The number of aromatic nitrogens is 8. The number of fused-ring (bicyclic) bond motifs is 2. The number of carbonyl (C=O) groups is 2. The maximum absolute atomic E-state index is 13.4. The molecule has 2 unspecified atom stereocenters. The first kappa shape index (κ1) is 51.6. The van der Waals surface area contributed by atoms with Crippen LogP contribution in [0.5, 0.6) is 11.5 Å². The molecule has 0 aliphatic carbocycles. The Morgan fingerprint density at radius 3 is 1.85 bits per heavy atom. The van der Waals surface area contributed by atoms with Crippen LogP contribution in [0.4, 0.5) is 38.0 Å². The van der Waals surface area contributed by atoms with Crippen LogP contribution >= 0.6 is 0 Å². The van der Waals surface area contributed by atoms with Crippen molar-refractivity contribution in [3.8, 4) is 34.0 Å². The first-order chi connectivity index (χ1) is 34.2. The number of alkyl halides is 6. The molecule has 72 heavy (non-hydrogen) atoms. The van der Waals surface area contributed by atoms with E-state index < -0.39 is 53.9 Å². The van der Waals surface area contributed by atoms with Crippen molar-refractivity contribution in [1.82, 2.24) is 39.2 Å². The van der Waals surface area contributed by atoms with Gasteiger partial charge in [-0.05, 0) is 62.4 Å². The van der Waals surface area contributed by atoms with Crippen molar-refractivity contribution >= 4 is 34.8 Å². The van der Waals surface area contributed by atoms with Crippen LogP contribution in [-0.2, 0) is 21.8 Å². The van der Waals surface area contributed by atoms with Crippen LogP contribution in [0.3, 0.4) is 0 Å². The minimum Gasteiger partial charge on any atom is -0.491 e. The van der Waals surface area contributed by atoms with Gasteiger partial charge in [0.2, 0.25) is 0 Å². The normalized spacial score (nSPS) is 14.7. The molecule has 25 heteroatoms. The lowest BCUT2D eigenvalue weighted by molar-refractivity contribution is -0.141. The molecule has 0 saturated carbocycles. The molecule has 2 aromatic carbocycles. The van der Waals surface area contributed by atoms with Crippen LogP contribution < -0.4 is 20.5 Å². The summed E-state index contributed by atoms with van der Waals surface area (Å²) in [6.07, 6.45) is -4.88. The van der Waals surface area contributed by atoms with Gasteiger partial charge in [0.25, 0.3) is 5.91 Å². The highest BCUT2D eigenvalue weighted by Gasteiger charge is 2.35. The summed E-state index contributed by atoms with van der Waals surface area (Å²) in [5.74, 6) is -0.870. The molecule has 9 rings (SSSR count). The number of pyridine rings is 2.